The average molecular weight is 590 g/mol. The molecule has 2 aliphatic heterocycles. The maximum atomic E-state index is 13.7. The standard InChI is InChI=1S/C29H38Br2N2O/c30-21-27(32-15-11-25(12-16-32)19-23-7-3-1-4-8-23)29(34)28(22-31)33-17-13-26(14-18-33)20-24-9-5-2-6-10-24/h1-10,25-28H,11-22H2. The van der Waals surface area contributed by atoms with Crippen LogP contribution in [0.5, 0.6) is 0 Å². The predicted molar refractivity (Wildman–Crippen MR) is 149 cm³/mol. The number of Topliss-reactive ketones (excluding diaryl/α,β-unsaturated/α-hetero) is 1. The van der Waals surface area contributed by atoms with E-state index in [2.05, 4.69) is 102 Å². The summed E-state index contributed by atoms with van der Waals surface area (Å²) >= 11 is 7.39. The average Bonchev–Trinajstić information content (AvgIpc) is 2.88. The van der Waals surface area contributed by atoms with Crippen LogP contribution in [0, 0.1) is 11.8 Å². The van der Waals surface area contributed by atoms with Crippen molar-refractivity contribution in [1.29, 1.82) is 0 Å². The summed E-state index contributed by atoms with van der Waals surface area (Å²) in [6, 6.07) is 21.6. The van der Waals surface area contributed by atoms with E-state index >= 15 is 0 Å². The number of ketones is 1. The molecular formula is C29H38Br2N2O. The number of piperidine rings is 2. The number of likely N-dealkylation sites (tertiary alicyclic amines) is 2. The molecule has 0 aromatic heterocycles. The van der Waals surface area contributed by atoms with E-state index in [9.17, 15) is 4.79 Å². The maximum absolute atomic E-state index is 13.7. The molecule has 0 spiro atoms. The molecule has 2 heterocycles. The van der Waals surface area contributed by atoms with Crippen LogP contribution in [-0.4, -0.2) is 64.5 Å². The summed E-state index contributed by atoms with van der Waals surface area (Å²) in [5, 5.41) is 1.45. The molecule has 0 amide bonds. The first-order valence-corrected chi connectivity index (χ1v) is 15.1. The molecule has 2 aromatic rings. The summed E-state index contributed by atoms with van der Waals surface area (Å²) in [5.74, 6) is 1.83. The third kappa shape index (κ3) is 7.02. The fraction of sp³-hybridized carbons (Fsp3) is 0.552. The molecule has 2 atom stereocenters. The van der Waals surface area contributed by atoms with Crippen molar-refractivity contribution in [3.05, 3.63) is 71.8 Å². The predicted octanol–water partition coefficient (Wildman–Crippen LogP) is 5.99. The molecule has 4 rings (SSSR count). The zero-order valence-corrected chi connectivity index (χ0v) is 23.3. The fourth-order valence-electron chi connectivity index (χ4n) is 5.76. The first-order chi connectivity index (χ1) is 16.7. The van der Waals surface area contributed by atoms with Crippen LogP contribution < -0.4 is 0 Å². The Morgan fingerprint density at radius 3 is 1.35 bits per heavy atom. The van der Waals surface area contributed by atoms with E-state index in [1.165, 1.54) is 36.8 Å². The summed E-state index contributed by atoms with van der Waals surface area (Å²) < 4.78 is 0. The lowest BCUT2D eigenvalue weighted by Crippen LogP contribution is -2.56. The molecule has 2 fully saturated rings. The summed E-state index contributed by atoms with van der Waals surface area (Å²) in [6.07, 6.45) is 7.02. The molecule has 0 saturated carbocycles. The van der Waals surface area contributed by atoms with Gasteiger partial charge in [0.1, 0.15) is 0 Å². The van der Waals surface area contributed by atoms with Gasteiger partial charge in [-0.1, -0.05) is 92.5 Å². The van der Waals surface area contributed by atoms with Crippen LogP contribution in [0.4, 0.5) is 0 Å². The quantitative estimate of drug-likeness (QED) is 0.318. The summed E-state index contributed by atoms with van der Waals surface area (Å²) in [6.45, 7) is 4.09. The van der Waals surface area contributed by atoms with Gasteiger partial charge in [0.2, 0.25) is 0 Å². The molecule has 2 unspecified atom stereocenters. The largest absolute Gasteiger partial charge is 0.296 e. The van der Waals surface area contributed by atoms with Gasteiger partial charge < -0.3 is 0 Å². The van der Waals surface area contributed by atoms with E-state index in [4.69, 9.17) is 0 Å². The summed E-state index contributed by atoms with van der Waals surface area (Å²) in [7, 11) is 0. The monoisotopic (exact) mass is 588 g/mol. The van der Waals surface area contributed by atoms with E-state index < -0.39 is 0 Å². The van der Waals surface area contributed by atoms with Gasteiger partial charge in [0.05, 0.1) is 12.1 Å². The van der Waals surface area contributed by atoms with Crippen LogP contribution in [0.2, 0.25) is 0 Å². The second kappa shape index (κ2) is 13.3. The van der Waals surface area contributed by atoms with Crippen molar-refractivity contribution in [2.45, 2.75) is 50.6 Å². The van der Waals surface area contributed by atoms with E-state index in [0.29, 0.717) is 5.78 Å². The zero-order valence-electron chi connectivity index (χ0n) is 20.1. The van der Waals surface area contributed by atoms with Crippen molar-refractivity contribution in [2.75, 3.05) is 36.8 Å². The number of carbonyl (C=O) groups is 1. The number of hydrogen-bond donors (Lipinski definition) is 0. The van der Waals surface area contributed by atoms with Gasteiger partial charge in [0.15, 0.2) is 5.78 Å². The van der Waals surface area contributed by atoms with Crippen LogP contribution in [0.25, 0.3) is 0 Å². The maximum Gasteiger partial charge on any atom is 0.168 e. The first kappa shape index (κ1) is 26.1. The molecule has 5 heteroatoms. The van der Waals surface area contributed by atoms with Gasteiger partial charge in [0.25, 0.3) is 0 Å². The number of halogens is 2. The third-order valence-corrected chi connectivity index (χ3v) is 9.09. The van der Waals surface area contributed by atoms with Crippen LogP contribution in [0.15, 0.2) is 60.7 Å². The normalized spacial score (nSPS) is 20.8. The second-order valence-corrected chi connectivity index (χ2v) is 11.4. The van der Waals surface area contributed by atoms with Gasteiger partial charge >= 0.3 is 0 Å². The van der Waals surface area contributed by atoms with Gasteiger partial charge in [-0.3, -0.25) is 14.6 Å². The first-order valence-electron chi connectivity index (χ1n) is 12.9. The Kier molecular flexibility index (Phi) is 10.2. The van der Waals surface area contributed by atoms with Crippen molar-refractivity contribution >= 4 is 37.6 Å². The van der Waals surface area contributed by atoms with E-state index in [0.717, 1.165) is 61.5 Å². The number of alkyl halides is 2. The van der Waals surface area contributed by atoms with Gasteiger partial charge in [-0.05, 0) is 87.7 Å². The molecule has 3 nitrogen and oxygen atoms in total. The summed E-state index contributed by atoms with van der Waals surface area (Å²) in [5.41, 5.74) is 2.87. The Morgan fingerprint density at radius 2 is 1.03 bits per heavy atom. The highest BCUT2D eigenvalue weighted by atomic mass is 79.9. The molecule has 0 N–H and O–H groups in total. The van der Waals surface area contributed by atoms with Crippen LogP contribution in [0.3, 0.4) is 0 Å². The molecule has 2 aliphatic rings. The lowest BCUT2D eigenvalue weighted by Gasteiger charge is -2.41. The molecule has 0 radical (unpaired) electrons. The minimum absolute atomic E-state index is 0.0257. The number of hydrogen-bond acceptors (Lipinski definition) is 3. The molecular weight excluding hydrogens is 552 g/mol. The molecule has 2 saturated heterocycles. The molecule has 184 valence electrons. The lowest BCUT2D eigenvalue weighted by atomic mass is 9.88. The Hall–Kier alpha value is -1.01. The molecule has 2 aromatic carbocycles. The van der Waals surface area contributed by atoms with Gasteiger partial charge in [0, 0.05) is 10.7 Å². The second-order valence-electron chi connectivity index (χ2n) is 10.1. The van der Waals surface area contributed by atoms with Crippen LogP contribution >= 0.6 is 31.9 Å². The number of nitrogens with zero attached hydrogens (tertiary/aromatic N) is 2. The minimum Gasteiger partial charge on any atom is -0.296 e. The molecule has 0 bridgehead atoms. The lowest BCUT2D eigenvalue weighted by molar-refractivity contribution is -0.129. The van der Waals surface area contributed by atoms with Crippen molar-refractivity contribution in [1.82, 2.24) is 9.80 Å². The third-order valence-electron chi connectivity index (χ3n) is 7.86. The van der Waals surface area contributed by atoms with Crippen molar-refractivity contribution < 1.29 is 4.79 Å². The van der Waals surface area contributed by atoms with Gasteiger partial charge in [-0.15, -0.1) is 0 Å². The fourth-order valence-corrected chi connectivity index (χ4v) is 7.22. The number of benzene rings is 2. The van der Waals surface area contributed by atoms with Crippen molar-refractivity contribution in [3.63, 3.8) is 0 Å². The van der Waals surface area contributed by atoms with Crippen LogP contribution in [0.1, 0.15) is 36.8 Å². The van der Waals surface area contributed by atoms with E-state index in [1.807, 2.05) is 0 Å². The van der Waals surface area contributed by atoms with E-state index in [-0.39, 0.29) is 12.1 Å². The van der Waals surface area contributed by atoms with Gasteiger partial charge in [-0.2, -0.15) is 0 Å². The van der Waals surface area contributed by atoms with E-state index in [1.54, 1.807) is 0 Å². The minimum atomic E-state index is -0.0257. The number of rotatable bonds is 10. The Morgan fingerprint density at radius 1 is 0.676 bits per heavy atom. The Balaban J connectivity index is 1.28. The summed E-state index contributed by atoms with van der Waals surface area (Å²) in [4.78, 5) is 18.6. The highest BCUT2D eigenvalue weighted by molar-refractivity contribution is 9.09. The van der Waals surface area contributed by atoms with Crippen molar-refractivity contribution in [3.8, 4) is 0 Å². The molecule has 0 aliphatic carbocycles. The molecule has 34 heavy (non-hydrogen) atoms. The highest BCUT2D eigenvalue weighted by Gasteiger charge is 2.36. The Bertz CT molecular complexity index is 791. The SMILES string of the molecule is O=C(C(CBr)N1CCC(Cc2ccccc2)CC1)C(CBr)N1CCC(Cc2ccccc2)CC1. The van der Waals surface area contributed by atoms with Crippen molar-refractivity contribution in [2.24, 2.45) is 11.8 Å². The highest BCUT2D eigenvalue weighted by Crippen LogP contribution is 2.27. The van der Waals surface area contributed by atoms with Gasteiger partial charge in [-0.25, -0.2) is 0 Å². The van der Waals surface area contributed by atoms with Crippen LogP contribution in [-0.2, 0) is 17.6 Å². The Labute approximate surface area is 222 Å². The smallest absolute Gasteiger partial charge is 0.168 e. The topological polar surface area (TPSA) is 23.6 Å². The zero-order chi connectivity index (χ0) is 23.8. The number of carbonyl (C=O) groups excluding carboxylic acids is 1.